The Morgan fingerprint density at radius 1 is 1.56 bits per heavy atom. The molecular weight excluding hydrogens is 244 g/mol. The maximum Gasteiger partial charge on any atom is 0.230 e. The summed E-state index contributed by atoms with van der Waals surface area (Å²) in [4.78, 5) is 15.6. The van der Waals surface area contributed by atoms with Gasteiger partial charge in [-0.1, -0.05) is 6.07 Å². The third-order valence-electron chi connectivity index (χ3n) is 3.76. The molecule has 1 aromatic heterocycles. The third kappa shape index (κ3) is 3.12. The summed E-state index contributed by atoms with van der Waals surface area (Å²) < 4.78 is 0. The molecule has 1 aliphatic rings. The van der Waals surface area contributed by atoms with Crippen molar-refractivity contribution in [3.63, 3.8) is 0 Å². The Labute approximate surface area is 113 Å². The van der Waals surface area contributed by atoms with E-state index in [2.05, 4.69) is 11.4 Å². The number of carbonyl (C=O) groups excluding carboxylic acids is 1. The number of hydrogen-bond acceptors (Lipinski definition) is 3. The van der Waals surface area contributed by atoms with Crippen LogP contribution in [0.25, 0.3) is 0 Å². The summed E-state index contributed by atoms with van der Waals surface area (Å²) in [5, 5.41) is 5.26. The molecule has 0 aromatic carbocycles. The molecular formula is C14H22N2OS. The van der Waals surface area contributed by atoms with Crippen molar-refractivity contribution in [2.45, 2.75) is 25.7 Å². The van der Waals surface area contributed by atoms with Crippen molar-refractivity contribution < 1.29 is 4.79 Å². The smallest absolute Gasteiger partial charge is 0.230 e. The van der Waals surface area contributed by atoms with E-state index in [1.165, 1.54) is 4.88 Å². The molecule has 1 aromatic rings. The lowest BCUT2D eigenvalue weighted by atomic mass is 9.95. The molecule has 2 rings (SSSR count). The molecule has 100 valence electrons. The molecule has 1 fully saturated rings. The van der Waals surface area contributed by atoms with Crippen LogP contribution >= 0.6 is 11.3 Å². The van der Waals surface area contributed by atoms with Gasteiger partial charge in [-0.05, 0) is 50.7 Å². The number of nitrogens with one attached hydrogen (secondary N) is 1. The average molecular weight is 266 g/mol. The molecule has 1 N–H and O–H groups in total. The standard InChI is InChI=1S/C14H22N2OS/c1-11(13-4-3-9-18-13)14(17)16-7-5-12(6-8-16)10-15-2/h3-4,9,11-12,15H,5-8,10H2,1-2H3. The number of carbonyl (C=O) groups is 1. The molecule has 1 saturated heterocycles. The number of likely N-dealkylation sites (tertiary alicyclic amines) is 1. The van der Waals surface area contributed by atoms with Gasteiger partial charge in [0.05, 0.1) is 5.92 Å². The molecule has 18 heavy (non-hydrogen) atoms. The zero-order valence-corrected chi connectivity index (χ0v) is 12.0. The Hall–Kier alpha value is -0.870. The molecule has 0 radical (unpaired) electrons. The van der Waals surface area contributed by atoms with Crippen molar-refractivity contribution in [2.24, 2.45) is 5.92 Å². The highest BCUT2D eigenvalue weighted by Crippen LogP contribution is 2.25. The van der Waals surface area contributed by atoms with Gasteiger partial charge in [0.15, 0.2) is 0 Å². The van der Waals surface area contributed by atoms with E-state index in [1.54, 1.807) is 11.3 Å². The minimum absolute atomic E-state index is 0.0193. The topological polar surface area (TPSA) is 32.3 Å². The van der Waals surface area contributed by atoms with Gasteiger partial charge in [0.2, 0.25) is 5.91 Å². The van der Waals surface area contributed by atoms with Gasteiger partial charge in [-0.2, -0.15) is 0 Å². The van der Waals surface area contributed by atoms with Crippen LogP contribution in [-0.2, 0) is 4.79 Å². The summed E-state index contributed by atoms with van der Waals surface area (Å²) in [5.41, 5.74) is 0. The van der Waals surface area contributed by atoms with Crippen LogP contribution in [0.5, 0.6) is 0 Å². The minimum Gasteiger partial charge on any atom is -0.342 e. The zero-order valence-electron chi connectivity index (χ0n) is 11.2. The van der Waals surface area contributed by atoms with E-state index in [0.717, 1.165) is 38.4 Å². The van der Waals surface area contributed by atoms with Gasteiger partial charge >= 0.3 is 0 Å². The second kappa shape index (κ2) is 6.34. The molecule has 0 saturated carbocycles. The van der Waals surface area contributed by atoms with Gasteiger partial charge in [0.1, 0.15) is 0 Å². The summed E-state index contributed by atoms with van der Waals surface area (Å²) in [5.74, 6) is 1.04. The molecule has 1 amide bonds. The van der Waals surface area contributed by atoms with Crippen LogP contribution in [0, 0.1) is 5.92 Å². The Bertz CT molecular complexity index is 369. The first kappa shape index (κ1) is 13.6. The van der Waals surface area contributed by atoms with Crippen molar-refractivity contribution >= 4 is 17.2 Å². The molecule has 1 aliphatic heterocycles. The highest BCUT2D eigenvalue weighted by Gasteiger charge is 2.26. The number of nitrogens with zero attached hydrogens (tertiary/aromatic N) is 1. The van der Waals surface area contributed by atoms with Crippen molar-refractivity contribution in [2.75, 3.05) is 26.7 Å². The third-order valence-corrected chi connectivity index (χ3v) is 4.81. The highest BCUT2D eigenvalue weighted by atomic mass is 32.1. The summed E-state index contributed by atoms with van der Waals surface area (Å²) in [6.45, 7) is 4.93. The molecule has 1 atom stereocenters. The second-order valence-electron chi connectivity index (χ2n) is 5.06. The van der Waals surface area contributed by atoms with E-state index in [1.807, 2.05) is 30.3 Å². The van der Waals surface area contributed by atoms with Crippen LogP contribution in [0.2, 0.25) is 0 Å². The average Bonchev–Trinajstić information content (AvgIpc) is 2.92. The molecule has 0 spiro atoms. The Balaban J connectivity index is 1.87. The monoisotopic (exact) mass is 266 g/mol. The first-order valence-electron chi connectivity index (χ1n) is 6.69. The summed E-state index contributed by atoms with van der Waals surface area (Å²) in [6, 6.07) is 4.07. The summed E-state index contributed by atoms with van der Waals surface area (Å²) in [7, 11) is 2.00. The number of hydrogen-bond donors (Lipinski definition) is 1. The first-order chi connectivity index (χ1) is 8.72. The largest absolute Gasteiger partial charge is 0.342 e. The molecule has 0 aliphatic carbocycles. The molecule has 0 bridgehead atoms. The zero-order chi connectivity index (χ0) is 13.0. The quantitative estimate of drug-likeness (QED) is 0.907. The van der Waals surface area contributed by atoms with Gasteiger partial charge in [0.25, 0.3) is 0 Å². The van der Waals surface area contributed by atoms with Crippen molar-refractivity contribution in [1.29, 1.82) is 0 Å². The number of thiophene rings is 1. The Morgan fingerprint density at radius 2 is 2.28 bits per heavy atom. The van der Waals surface area contributed by atoms with E-state index < -0.39 is 0 Å². The van der Waals surface area contributed by atoms with E-state index in [9.17, 15) is 4.79 Å². The summed E-state index contributed by atoms with van der Waals surface area (Å²) in [6.07, 6.45) is 2.26. The molecule has 2 heterocycles. The number of amides is 1. The van der Waals surface area contributed by atoms with E-state index in [-0.39, 0.29) is 5.92 Å². The lowest BCUT2D eigenvalue weighted by molar-refractivity contribution is -0.133. The lowest BCUT2D eigenvalue weighted by Crippen LogP contribution is -2.42. The van der Waals surface area contributed by atoms with Gasteiger partial charge < -0.3 is 10.2 Å². The SMILES string of the molecule is CNCC1CCN(C(=O)C(C)c2cccs2)CC1. The maximum atomic E-state index is 12.4. The van der Waals surface area contributed by atoms with Crippen molar-refractivity contribution in [3.05, 3.63) is 22.4 Å². The first-order valence-corrected chi connectivity index (χ1v) is 7.57. The predicted octanol–water partition coefficient (Wildman–Crippen LogP) is 2.31. The van der Waals surface area contributed by atoms with Crippen molar-refractivity contribution in [1.82, 2.24) is 10.2 Å². The number of rotatable bonds is 4. The van der Waals surface area contributed by atoms with Crippen LogP contribution in [0.4, 0.5) is 0 Å². The fourth-order valence-corrected chi connectivity index (χ4v) is 3.36. The van der Waals surface area contributed by atoms with Crippen molar-refractivity contribution in [3.8, 4) is 0 Å². The second-order valence-corrected chi connectivity index (χ2v) is 6.04. The van der Waals surface area contributed by atoms with Crippen LogP contribution in [0.3, 0.4) is 0 Å². The minimum atomic E-state index is 0.0193. The Morgan fingerprint density at radius 3 is 2.83 bits per heavy atom. The summed E-state index contributed by atoms with van der Waals surface area (Å²) >= 11 is 1.67. The molecule has 4 heteroatoms. The van der Waals surface area contributed by atoms with Crippen LogP contribution in [0.1, 0.15) is 30.6 Å². The molecule has 3 nitrogen and oxygen atoms in total. The number of piperidine rings is 1. The Kier molecular flexibility index (Phi) is 4.78. The maximum absolute atomic E-state index is 12.4. The van der Waals surface area contributed by atoms with E-state index in [4.69, 9.17) is 0 Å². The normalized spacial score (nSPS) is 18.9. The van der Waals surface area contributed by atoms with E-state index in [0.29, 0.717) is 5.91 Å². The van der Waals surface area contributed by atoms with Gasteiger partial charge in [-0.25, -0.2) is 0 Å². The van der Waals surface area contributed by atoms with Gasteiger partial charge in [-0.15, -0.1) is 11.3 Å². The highest BCUT2D eigenvalue weighted by molar-refractivity contribution is 7.10. The van der Waals surface area contributed by atoms with E-state index >= 15 is 0 Å². The lowest BCUT2D eigenvalue weighted by Gasteiger charge is -2.33. The van der Waals surface area contributed by atoms with Crippen LogP contribution in [0.15, 0.2) is 17.5 Å². The fourth-order valence-electron chi connectivity index (χ4n) is 2.58. The van der Waals surface area contributed by atoms with Crippen LogP contribution in [-0.4, -0.2) is 37.5 Å². The van der Waals surface area contributed by atoms with Gasteiger partial charge in [-0.3, -0.25) is 4.79 Å². The molecule has 1 unspecified atom stereocenters. The van der Waals surface area contributed by atoms with Crippen LogP contribution < -0.4 is 5.32 Å². The fraction of sp³-hybridized carbons (Fsp3) is 0.643. The predicted molar refractivity (Wildman–Crippen MR) is 76.0 cm³/mol. The van der Waals surface area contributed by atoms with Gasteiger partial charge in [0, 0.05) is 18.0 Å².